The predicted molar refractivity (Wildman–Crippen MR) is 86.1 cm³/mol. The highest BCUT2D eigenvalue weighted by molar-refractivity contribution is 7.88. The van der Waals surface area contributed by atoms with Crippen molar-refractivity contribution in [2.45, 2.75) is 18.0 Å². The third-order valence-corrected chi connectivity index (χ3v) is 5.35. The van der Waals surface area contributed by atoms with E-state index in [2.05, 4.69) is 4.72 Å². The maximum Gasteiger partial charge on any atom is 0.416 e. The summed E-state index contributed by atoms with van der Waals surface area (Å²) < 4.78 is 69.3. The first-order valence-electron chi connectivity index (χ1n) is 6.89. The first-order chi connectivity index (χ1) is 11.2. The van der Waals surface area contributed by atoms with E-state index in [-0.39, 0.29) is 12.1 Å². The molecule has 2 aromatic rings. The quantitative estimate of drug-likeness (QED) is 0.800. The summed E-state index contributed by atoms with van der Waals surface area (Å²) >= 11 is 1.47. The van der Waals surface area contributed by atoms with E-state index in [9.17, 15) is 21.6 Å². The molecule has 0 aliphatic heterocycles. The number of methoxy groups -OCH3 is 1. The molecule has 1 aromatic carbocycles. The number of hydrogen-bond acceptors (Lipinski definition) is 4. The summed E-state index contributed by atoms with van der Waals surface area (Å²) in [5.74, 6) is -0.398. The van der Waals surface area contributed by atoms with Gasteiger partial charge in [0.15, 0.2) is 0 Å². The lowest BCUT2D eigenvalue weighted by Crippen LogP contribution is -2.30. The molecule has 0 aliphatic rings. The summed E-state index contributed by atoms with van der Waals surface area (Å²) in [5.41, 5.74) is 0.327. The highest BCUT2D eigenvalue weighted by atomic mass is 32.2. The second-order valence-electron chi connectivity index (χ2n) is 5.08. The Kier molecular flexibility index (Phi) is 6.02. The fourth-order valence-corrected chi connectivity index (χ4v) is 3.90. The van der Waals surface area contributed by atoms with Crippen molar-refractivity contribution < 1.29 is 26.3 Å². The summed E-state index contributed by atoms with van der Waals surface area (Å²) in [5, 5.41) is 3.72. The van der Waals surface area contributed by atoms with Crippen molar-refractivity contribution in [2.75, 3.05) is 13.7 Å². The first kappa shape index (κ1) is 18.9. The van der Waals surface area contributed by atoms with Gasteiger partial charge < -0.3 is 4.74 Å². The number of alkyl halides is 3. The van der Waals surface area contributed by atoms with Gasteiger partial charge in [0.1, 0.15) is 0 Å². The van der Waals surface area contributed by atoms with E-state index in [0.29, 0.717) is 0 Å². The predicted octanol–water partition coefficient (Wildman–Crippen LogP) is 3.57. The summed E-state index contributed by atoms with van der Waals surface area (Å²) in [7, 11) is -2.21. The monoisotopic (exact) mass is 379 g/mol. The third kappa shape index (κ3) is 5.30. The van der Waals surface area contributed by atoms with Crippen molar-refractivity contribution in [1.29, 1.82) is 0 Å². The second-order valence-corrected chi connectivity index (χ2v) is 7.67. The van der Waals surface area contributed by atoms with Crippen molar-refractivity contribution in [2.24, 2.45) is 0 Å². The van der Waals surface area contributed by atoms with Crippen LogP contribution < -0.4 is 4.72 Å². The molecule has 0 aliphatic carbocycles. The van der Waals surface area contributed by atoms with Gasteiger partial charge in [-0.2, -0.15) is 24.5 Å². The second kappa shape index (κ2) is 7.64. The zero-order chi connectivity index (χ0) is 17.8. The number of ether oxygens (including phenoxy) is 1. The van der Waals surface area contributed by atoms with Crippen molar-refractivity contribution in [3.05, 3.63) is 57.8 Å². The number of nitrogens with one attached hydrogen (secondary N) is 1. The van der Waals surface area contributed by atoms with Crippen LogP contribution in [-0.4, -0.2) is 22.1 Å². The van der Waals surface area contributed by atoms with Crippen LogP contribution >= 0.6 is 11.3 Å². The number of benzene rings is 1. The Labute approximate surface area is 142 Å². The minimum atomic E-state index is -4.44. The minimum Gasteiger partial charge on any atom is -0.375 e. The van der Waals surface area contributed by atoms with Gasteiger partial charge in [-0.15, -0.1) is 0 Å². The highest BCUT2D eigenvalue weighted by Gasteiger charge is 2.30. The fraction of sp³-hybridized carbons (Fsp3) is 0.333. The fourth-order valence-electron chi connectivity index (χ4n) is 2.06. The van der Waals surface area contributed by atoms with E-state index in [4.69, 9.17) is 4.74 Å². The van der Waals surface area contributed by atoms with Gasteiger partial charge in [0.2, 0.25) is 10.0 Å². The Morgan fingerprint density at radius 1 is 1.21 bits per heavy atom. The van der Waals surface area contributed by atoms with E-state index in [1.165, 1.54) is 18.4 Å². The lowest BCUT2D eigenvalue weighted by Gasteiger charge is -2.15. The zero-order valence-corrected chi connectivity index (χ0v) is 14.3. The summed E-state index contributed by atoms with van der Waals surface area (Å²) in [4.78, 5) is 0. The van der Waals surface area contributed by atoms with Crippen LogP contribution in [0.4, 0.5) is 13.2 Å². The molecular weight excluding hydrogens is 363 g/mol. The highest BCUT2D eigenvalue weighted by Crippen LogP contribution is 2.29. The summed E-state index contributed by atoms with van der Waals surface area (Å²) in [6, 6.07) is 5.90. The van der Waals surface area contributed by atoms with Gasteiger partial charge in [0, 0.05) is 13.7 Å². The van der Waals surface area contributed by atoms with Gasteiger partial charge in [0.05, 0.1) is 17.4 Å². The molecule has 1 aromatic heterocycles. The molecule has 24 heavy (non-hydrogen) atoms. The minimum absolute atomic E-state index is 0.0518. The van der Waals surface area contributed by atoms with Gasteiger partial charge in [-0.1, -0.05) is 12.1 Å². The van der Waals surface area contributed by atoms with E-state index in [1.807, 2.05) is 16.8 Å². The molecule has 0 saturated heterocycles. The standard InChI is InChI=1S/C15H16F3NO3S2/c1-22-14(12-6-7-23-9-12)8-19-24(20,21)10-11-2-4-13(5-3-11)15(16,17)18/h2-7,9,14,19H,8,10H2,1H3/t14-/m1/s1. The van der Waals surface area contributed by atoms with Crippen molar-refractivity contribution in [3.63, 3.8) is 0 Å². The number of sulfonamides is 1. The van der Waals surface area contributed by atoms with Crippen molar-refractivity contribution in [1.82, 2.24) is 4.72 Å². The molecule has 0 saturated carbocycles. The topological polar surface area (TPSA) is 55.4 Å². The molecule has 132 valence electrons. The van der Waals surface area contributed by atoms with Crippen LogP contribution in [0.25, 0.3) is 0 Å². The van der Waals surface area contributed by atoms with E-state index in [0.717, 1.165) is 29.8 Å². The molecule has 1 N–H and O–H groups in total. The largest absolute Gasteiger partial charge is 0.416 e. The molecule has 9 heteroatoms. The van der Waals surface area contributed by atoms with Gasteiger partial charge in [-0.3, -0.25) is 0 Å². The molecule has 4 nitrogen and oxygen atoms in total. The Bertz CT molecular complexity index is 741. The maximum absolute atomic E-state index is 12.5. The molecular formula is C15H16F3NO3S2. The smallest absolute Gasteiger partial charge is 0.375 e. The average Bonchev–Trinajstić information content (AvgIpc) is 3.01. The molecule has 0 fully saturated rings. The number of halogens is 3. The van der Waals surface area contributed by atoms with Crippen LogP contribution in [-0.2, 0) is 26.7 Å². The zero-order valence-electron chi connectivity index (χ0n) is 12.7. The number of hydrogen-bond donors (Lipinski definition) is 1. The molecule has 0 radical (unpaired) electrons. The molecule has 1 heterocycles. The van der Waals surface area contributed by atoms with Crippen molar-refractivity contribution >= 4 is 21.4 Å². The lowest BCUT2D eigenvalue weighted by molar-refractivity contribution is -0.137. The maximum atomic E-state index is 12.5. The average molecular weight is 379 g/mol. The van der Waals surface area contributed by atoms with Gasteiger partial charge in [-0.05, 0) is 40.1 Å². The van der Waals surface area contributed by atoms with Gasteiger partial charge >= 0.3 is 6.18 Å². The molecule has 0 unspecified atom stereocenters. The first-order valence-corrected chi connectivity index (χ1v) is 9.49. The third-order valence-electron chi connectivity index (χ3n) is 3.33. The lowest BCUT2D eigenvalue weighted by atomic mass is 10.1. The number of rotatable bonds is 7. The molecule has 1 atom stereocenters. The van der Waals surface area contributed by atoms with Crippen LogP contribution in [0.1, 0.15) is 22.8 Å². The van der Waals surface area contributed by atoms with Crippen molar-refractivity contribution in [3.8, 4) is 0 Å². The molecule has 0 bridgehead atoms. The Hall–Kier alpha value is -1.42. The Balaban J connectivity index is 1.98. The summed E-state index contributed by atoms with van der Waals surface area (Å²) in [6.45, 7) is 0.0518. The normalized spacial score (nSPS) is 13.8. The van der Waals surface area contributed by atoms with Gasteiger partial charge in [-0.25, -0.2) is 13.1 Å². The van der Waals surface area contributed by atoms with Crippen LogP contribution in [0.3, 0.4) is 0 Å². The van der Waals surface area contributed by atoms with Gasteiger partial charge in [0.25, 0.3) is 0 Å². The van der Waals surface area contributed by atoms with E-state index < -0.39 is 33.6 Å². The molecule has 0 spiro atoms. The van der Waals surface area contributed by atoms with Crippen LogP contribution in [0.2, 0.25) is 0 Å². The van der Waals surface area contributed by atoms with Crippen LogP contribution in [0.15, 0.2) is 41.1 Å². The summed E-state index contributed by atoms with van der Waals surface area (Å²) in [6.07, 6.45) is -4.86. The SMILES string of the molecule is CO[C@H](CNS(=O)(=O)Cc1ccc(C(F)(F)F)cc1)c1ccsc1. The van der Waals surface area contributed by atoms with E-state index in [1.54, 1.807) is 0 Å². The van der Waals surface area contributed by atoms with Crippen LogP contribution in [0.5, 0.6) is 0 Å². The van der Waals surface area contributed by atoms with Crippen LogP contribution in [0, 0.1) is 0 Å². The molecule has 0 amide bonds. The Morgan fingerprint density at radius 2 is 1.88 bits per heavy atom. The van der Waals surface area contributed by atoms with E-state index >= 15 is 0 Å². The number of thiophene rings is 1. The Morgan fingerprint density at radius 3 is 2.38 bits per heavy atom. The molecule has 2 rings (SSSR count).